The lowest BCUT2D eigenvalue weighted by atomic mass is 10.1. The minimum absolute atomic E-state index is 0.0789. The maximum Gasteiger partial charge on any atom is 0.244 e. The van der Waals surface area contributed by atoms with Crippen LogP contribution in [-0.4, -0.2) is 50.0 Å². The second-order valence-corrected chi connectivity index (χ2v) is 11.9. The first-order valence-electron chi connectivity index (χ1n) is 11.2. The van der Waals surface area contributed by atoms with Crippen LogP contribution in [-0.2, 0) is 26.2 Å². The molecular weight excluding hydrogens is 533 g/mol. The number of amides is 2. The van der Waals surface area contributed by atoms with Gasteiger partial charge < -0.3 is 10.2 Å². The summed E-state index contributed by atoms with van der Waals surface area (Å²) >= 11 is 18.3. The Hall–Kier alpha value is -2.00. The minimum Gasteiger partial charge on any atom is -0.352 e. The lowest BCUT2D eigenvalue weighted by Crippen LogP contribution is -2.52. The van der Waals surface area contributed by atoms with Crippen LogP contribution in [0, 0.1) is 0 Å². The molecule has 1 saturated carbocycles. The average Bonchev–Trinajstić information content (AvgIpc) is 3.30. The number of sulfonamides is 1. The SMILES string of the molecule is C[C@@H](C(=O)NC1CCCC1)N(Cc1ccc(Cl)cc1)C(=O)CN(c1cc(Cl)ccc1Cl)S(C)(=O)=O. The molecule has 35 heavy (non-hydrogen) atoms. The highest BCUT2D eigenvalue weighted by Gasteiger charge is 2.32. The van der Waals surface area contributed by atoms with Crippen LogP contribution < -0.4 is 9.62 Å². The predicted octanol–water partition coefficient (Wildman–Crippen LogP) is 4.89. The van der Waals surface area contributed by atoms with E-state index >= 15 is 0 Å². The largest absolute Gasteiger partial charge is 0.352 e. The molecule has 0 aromatic heterocycles. The average molecular weight is 561 g/mol. The van der Waals surface area contributed by atoms with Crippen LogP contribution >= 0.6 is 34.8 Å². The molecule has 1 N–H and O–H groups in total. The number of rotatable bonds is 9. The van der Waals surface area contributed by atoms with Gasteiger partial charge in [0.05, 0.1) is 17.0 Å². The summed E-state index contributed by atoms with van der Waals surface area (Å²) in [6.45, 7) is 1.18. The summed E-state index contributed by atoms with van der Waals surface area (Å²) in [4.78, 5) is 28.0. The summed E-state index contributed by atoms with van der Waals surface area (Å²) in [7, 11) is -3.90. The zero-order valence-electron chi connectivity index (χ0n) is 19.5. The monoisotopic (exact) mass is 559 g/mol. The van der Waals surface area contributed by atoms with Gasteiger partial charge in [0.1, 0.15) is 12.6 Å². The van der Waals surface area contributed by atoms with Gasteiger partial charge in [-0.1, -0.05) is 59.8 Å². The van der Waals surface area contributed by atoms with Crippen LogP contribution in [0.25, 0.3) is 0 Å². The standard InChI is InChI=1S/C24H28Cl3N3O4S/c1-16(24(32)28-20-5-3-4-6-20)29(14-17-7-9-18(25)10-8-17)23(31)15-30(35(2,33)34)22-13-19(26)11-12-21(22)27/h7-13,16,20H,3-6,14-15H2,1-2H3,(H,28,32)/t16-/m0/s1. The van der Waals surface area contributed by atoms with E-state index in [4.69, 9.17) is 34.8 Å². The van der Waals surface area contributed by atoms with Crippen LogP contribution in [0.2, 0.25) is 15.1 Å². The lowest BCUT2D eigenvalue weighted by Gasteiger charge is -2.32. The van der Waals surface area contributed by atoms with Gasteiger partial charge in [-0.3, -0.25) is 13.9 Å². The van der Waals surface area contributed by atoms with Crippen LogP contribution in [0.5, 0.6) is 0 Å². The van der Waals surface area contributed by atoms with E-state index < -0.39 is 28.5 Å². The van der Waals surface area contributed by atoms with Crippen molar-refractivity contribution >= 4 is 62.3 Å². The zero-order chi connectivity index (χ0) is 25.8. The molecule has 2 aromatic carbocycles. The van der Waals surface area contributed by atoms with Crippen molar-refractivity contribution in [2.24, 2.45) is 0 Å². The fraction of sp³-hybridized carbons (Fsp3) is 0.417. The molecule has 0 spiro atoms. The van der Waals surface area contributed by atoms with Gasteiger partial charge in [-0.25, -0.2) is 8.42 Å². The molecule has 1 aliphatic rings. The maximum absolute atomic E-state index is 13.6. The van der Waals surface area contributed by atoms with Crippen LogP contribution in [0.4, 0.5) is 5.69 Å². The smallest absolute Gasteiger partial charge is 0.244 e. The van der Waals surface area contributed by atoms with Crippen molar-refractivity contribution in [3.8, 4) is 0 Å². The first kappa shape index (κ1) is 27.6. The van der Waals surface area contributed by atoms with Gasteiger partial charge in [-0.15, -0.1) is 0 Å². The van der Waals surface area contributed by atoms with Crippen molar-refractivity contribution in [3.63, 3.8) is 0 Å². The molecule has 0 bridgehead atoms. The van der Waals surface area contributed by atoms with Crippen molar-refractivity contribution in [2.75, 3.05) is 17.1 Å². The third-order valence-electron chi connectivity index (χ3n) is 5.99. The Morgan fingerprint density at radius 3 is 2.23 bits per heavy atom. The molecule has 1 aliphatic carbocycles. The Labute approximate surface area is 221 Å². The third-order valence-corrected chi connectivity index (χ3v) is 7.92. The number of benzene rings is 2. The number of nitrogens with zero attached hydrogens (tertiary/aromatic N) is 2. The Morgan fingerprint density at radius 1 is 1.03 bits per heavy atom. The van der Waals surface area contributed by atoms with Gasteiger partial charge in [0.2, 0.25) is 21.8 Å². The third kappa shape index (κ3) is 7.49. The van der Waals surface area contributed by atoms with Gasteiger partial charge >= 0.3 is 0 Å². The summed E-state index contributed by atoms with van der Waals surface area (Å²) < 4.78 is 26.2. The number of halogens is 3. The molecule has 2 aromatic rings. The first-order valence-corrected chi connectivity index (χ1v) is 14.2. The van der Waals surface area contributed by atoms with E-state index in [1.807, 2.05) is 0 Å². The Bertz CT molecular complexity index is 1170. The fourth-order valence-corrected chi connectivity index (χ4v) is 5.45. The summed E-state index contributed by atoms with van der Waals surface area (Å²) in [5, 5.41) is 3.96. The molecule has 1 atom stereocenters. The van der Waals surface area contributed by atoms with Gasteiger partial charge in [0, 0.05) is 22.6 Å². The first-order chi connectivity index (χ1) is 16.5. The van der Waals surface area contributed by atoms with Crippen molar-refractivity contribution in [2.45, 2.75) is 51.2 Å². The van der Waals surface area contributed by atoms with E-state index in [1.54, 1.807) is 31.2 Å². The van der Waals surface area contributed by atoms with E-state index in [9.17, 15) is 18.0 Å². The molecule has 0 radical (unpaired) electrons. The molecule has 0 unspecified atom stereocenters. The molecule has 0 aliphatic heterocycles. The quantitative estimate of drug-likeness (QED) is 0.473. The highest BCUT2D eigenvalue weighted by molar-refractivity contribution is 7.92. The summed E-state index contributed by atoms with van der Waals surface area (Å²) in [5.41, 5.74) is 0.833. The second-order valence-electron chi connectivity index (χ2n) is 8.68. The van der Waals surface area contributed by atoms with E-state index in [1.165, 1.54) is 23.1 Å². The van der Waals surface area contributed by atoms with Crippen LogP contribution in [0.15, 0.2) is 42.5 Å². The minimum atomic E-state index is -3.90. The number of hydrogen-bond donors (Lipinski definition) is 1. The molecular formula is C24H28Cl3N3O4S. The zero-order valence-corrected chi connectivity index (χ0v) is 22.6. The van der Waals surface area contributed by atoms with Crippen LogP contribution in [0.3, 0.4) is 0 Å². The van der Waals surface area contributed by atoms with Crippen molar-refractivity contribution in [1.82, 2.24) is 10.2 Å². The molecule has 3 rings (SSSR count). The summed E-state index contributed by atoms with van der Waals surface area (Å²) in [6.07, 6.45) is 4.89. The lowest BCUT2D eigenvalue weighted by molar-refractivity contribution is -0.139. The number of carbonyl (C=O) groups excluding carboxylic acids is 2. The van der Waals surface area contributed by atoms with E-state index in [0.717, 1.165) is 41.8 Å². The predicted molar refractivity (Wildman–Crippen MR) is 141 cm³/mol. The van der Waals surface area contributed by atoms with Crippen molar-refractivity contribution < 1.29 is 18.0 Å². The summed E-state index contributed by atoms with van der Waals surface area (Å²) in [6, 6.07) is 10.5. The highest BCUT2D eigenvalue weighted by atomic mass is 35.5. The maximum atomic E-state index is 13.6. The molecule has 11 heteroatoms. The fourth-order valence-electron chi connectivity index (χ4n) is 4.03. The molecule has 0 saturated heterocycles. The van der Waals surface area contributed by atoms with Gasteiger partial charge in [-0.05, 0) is 55.7 Å². The van der Waals surface area contributed by atoms with E-state index in [-0.39, 0.29) is 34.2 Å². The van der Waals surface area contributed by atoms with Crippen LogP contribution in [0.1, 0.15) is 38.2 Å². The normalized spacial score (nSPS) is 15.0. The Kier molecular flexibility index (Phi) is 9.32. The Balaban J connectivity index is 1.90. The molecule has 190 valence electrons. The molecule has 0 heterocycles. The van der Waals surface area contributed by atoms with E-state index in [2.05, 4.69) is 5.32 Å². The Morgan fingerprint density at radius 2 is 1.63 bits per heavy atom. The molecule has 2 amide bonds. The van der Waals surface area contributed by atoms with E-state index in [0.29, 0.717) is 5.02 Å². The number of hydrogen-bond acceptors (Lipinski definition) is 4. The second kappa shape index (κ2) is 11.8. The van der Waals surface area contributed by atoms with Crippen molar-refractivity contribution in [1.29, 1.82) is 0 Å². The highest BCUT2D eigenvalue weighted by Crippen LogP contribution is 2.31. The summed E-state index contributed by atoms with van der Waals surface area (Å²) in [5.74, 6) is -0.846. The van der Waals surface area contributed by atoms with Gasteiger partial charge in [0.25, 0.3) is 0 Å². The topological polar surface area (TPSA) is 86.8 Å². The van der Waals surface area contributed by atoms with Gasteiger partial charge in [0.15, 0.2) is 0 Å². The molecule has 1 fully saturated rings. The number of nitrogens with one attached hydrogen (secondary N) is 1. The van der Waals surface area contributed by atoms with Crippen molar-refractivity contribution in [3.05, 3.63) is 63.1 Å². The number of anilines is 1. The van der Waals surface area contributed by atoms with Gasteiger partial charge in [-0.2, -0.15) is 0 Å². The number of carbonyl (C=O) groups is 2. The molecule has 7 nitrogen and oxygen atoms in total.